The maximum atomic E-state index is 13.6. The zero-order chi connectivity index (χ0) is 19.1. The molecule has 0 saturated carbocycles. The van der Waals surface area contributed by atoms with Crippen molar-refractivity contribution in [3.05, 3.63) is 75.6 Å². The molecule has 3 aromatic rings. The molecule has 0 saturated heterocycles. The Labute approximate surface area is 142 Å². The number of nitrogens with one attached hydrogen (secondary N) is 2. The van der Waals surface area contributed by atoms with Crippen LogP contribution >= 0.6 is 0 Å². The van der Waals surface area contributed by atoms with E-state index in [-0.39, 0.29) is 11.1 Å². The van der Waals surface area contributed by atoms with E-state index < -0.39 is 45.8 Å². The van der Waals surface area contributed by atoms with Crippen molar-refractivity contribution in [1.82, 2.24) is 4.98 Å². The fourth-order valence-electron chi connectivity index (χ4n) is 2.44. The number of hydrogen-bond acceptors (Lipinski definition) is 2. The number of amides is 1. The number of fused-ring (bicyclic) bond motifs is 1. The number of alkyl halides is 3. The zero-order valence-corrected chi connectivity index (χ0v) is 12.7. The number of para-hydroxylation sites is 1. The van der Waals surface area contributed by atoms with Gasteiger partial charge in [-0.3, -0.25) is 9.59 Å². The second-order valence-electron chi connectivity index (χ2n) is 5.34. The third-order valence-corrected chi connectivity index (χ3v) is 3.64. The second kappa shape index (κ2) is 6.25. The van der Waals surface area contributed by atoms with Gasteiger partial charge in [0.15, 0.2) is 0 Å². The van der Waals surface area contributed by atoms with Crippen LogP contribution < -0.4 is 10.7 Å². The van der Waals surface area contributed by atoms with Crippen LogP contribution in [0.4, 0.5) is 27.6 Å². The van der Waals surface area contributed by atoms with Crippen molar-refractivity contribution in [2.45, 2.75) is 6.18 Å². The Morgan fingerprint density at radius 3 is 2.46 bits per heavy atom. The van der Waals surface area contributed by atoms with Gasteiger partial charge in [-0.05, 0) is 24.3 Å². The minimum Gasteiger partial charge on any atom is -0.360 e. The summed E-state index contributed by atoms with van der Waals surface area (Å²) in [6.45, 7) is 0. The maximum Gasteiger partial charge on any atom is 0.418 e. The van der Waals surface area contributed by atoms with E-state index in [1.54, 1.807) is 0 Å². The van der Waals surface area contributed by atoms with Crippen LogP contribution in [0.3, 0.4) is 0 Å². The molecule has 0 atom stereocenters. The Bertz CT molecular complexity index is 1070. The molecule has 1 heterocycles. The molecule has 0 fully saturated rings. The summed E-state index contributed by atoms with van der Waals surface area (Å²) in [6.07, 6.45) is -3.87. The molecule has 0 bridgehead atoms. The van der Waals surface area contributed by atoms with Gasteiger partial charge in [0.05, 0.1) is 16.8 Å². The molecule has 4 nitrogen and oxygen atoms in total. The molecule has 2 N–H and O–H groups in total. The molecule has 2 aromatic carbocycles. The number of hydrogen-bond donors (Lipinski definition) is 2. The molecule has 0 aliphatic carbocycles. The molecule has 0 aliphatic rings. The van der Waals surface area contributed by atoms with Crippen LogP contribution in [-0.2, 0) is 6.18 Å². The summed E-state index contributed by atoms with van der Waals surface area (Å²) < 4.78 is 65.5. The van der Waals surface area contributed by atoms with Gasteiger partial charge in [0.1, 0.15) is 17.2 Å². The summed E-state index contributed by atoms with van der Waals surface area (Å²) in [5, 5.41) is 1.74. The topological polar surface area (TPSA) is 62.0 Å². The van der Waals surface area contributed by atoms with Gasteiger partial charge in [-0.25, -0.2) is 8.78 Å². The summed E-state index contributed by atoms with van der Waals surface area (Å²) in [5.41, 5.74) is -3.36. The average molecular weight is 368 g/mol. The first-order chi connectivity index (χ1) is 12.2. The summed E-state index contributed by atoms with van der Waals surface area (Å²) in [5.74, 6) is -2.96. The monoisotopic (exact) mass is 368 g/mol. The average Bonchev–Trinajstić information content (AvgIpc) is 2.56. The van der Waals surface area contributed by atoms with E-state index in [2.05, 4.69) is 10.3 Å². The molecule has 1 aromatic heterocycles. The molecule has 9 heteroatoms. The highest BCUT2D eigenvalue weighted by molar-refractivity contribution is 6.05. The molecular formula is C17H9F5N2O2. The van der Waals surface area contributed by atoms with E-state index in [4.69, 9.17) is 0 Å². The molecular weight excluding hydrogens is 359 g/mol. The molecule has 3 rings (SSSR count). The van der Waals surface area contributed by atoms with Gasteiger partial charge in [-0.1, -0.05) is 6.07 Å². The predicted molar refractivity (Wildman–Crippen MR) is 83.9 cm³/mol. The number of carbonyl (C=O) groups excluding carboxylic acids is 1. The first-order valence-corrected chi connectivity index (χ1v) is 7.16. The summed E-state index contributed by atoms with van der Waals surface area (Å²) >= 11 is 0. The van der Waals surface area contributed by atoms with Crippen molar-refractivity contribution in [1.29, 1.82) is 0 Å². The number of anilines is 1. The highest BCUT2D eigenvalue weighted by Crippen LogP contribution is 2.33. The van der Waals surface area contributed by atoms with Gasteiger partial charge < -0.3 is 10.3 Å². The minimum atomic E-state index is -4.69. The van der Waals surface area contributed by atoms with Gasteiger partial charge in [0, 0.05) is 17.6 Å². The first-order valence-electron chi connectivity index (χ1n) is 7.16. The van der Waals surface area contributed by atoms with E-state index in [1.165, 1.54) is 0 Å². The lowest BCUT2D eigenvalue weighted by atomic mass is 10.1. The molecule has 26 heavy (non-hydrogen) atoms. The van der Waals surface area contributed by atoms with E-state index >= 15 is 0 Å². The second-order valence-corrected chi connectivity index (χ2v) is 5.34. The van der Waals surface area contributed by atoms with Crippen LogP contribution in [-0.4, -0.2) is 10.9 Å². The minimum absolute atomic E-state index is 0.341. The fourth-order valence-corrected chi connectivity index (χ4v) is 2.44. The van der Waals surface area contributed by atoms with E-state index in [0.29, 0.717) is 6.07 Å². The van der Waals surface area contributed by atoms with E-state index in [1.807, 2.05) is 0 Å². The summed E-state index contributed by atoms with van der Waals surface area (Å²) in [4.78, 5) is 26.9. The lowest BCUT2D eigenvalue weighted by Gasteiger charge is -2.11. The van der Waals surface area contributed by atoms with Crippen molar-refractivity contribution in [3.8, 4) is 0 Å². The SMILES string of the molecule is O=C(Nc1ccc(F)cc1F)c1c[nH]c2c(C(F)(F)F)cccc2c1=O. The normalized spacial score (nSPS) is 11.6. The summed E-state index contributed by atoms with van der Waals surface area (Å²) in [6, 6.07) is 5.38. The van der Waals surface area contributed by atoms with Crippen molar-refractivity contribution >= 4 is 22.5 Å². The number of halogens is 5. The number of carbonyl (C=O) groups is 1. The molecule has 0 spiro atoms. The van der Waals surface area contributed by atoms with Crippen LogP contribution in [0.2, 0.25) is 0 Å². The largest absolute Gasteiger partial charge is 0.418 e. The quantitative estimate of drug-likeness (QED) is 0.670. The Kier molecular flexibility index (Phi) is 4.23. The van der Waals surface area contributed by atoms with Gasteiger partial charge in [0.25, 0.3) is 5.91 Å². The van der Waals surface area contributed by atoms with Crippen molar-refractivity contribution < 1.29 is 26.7 Å². The van der Waals surface area contributed by atoms with Gasteiger partial charge >= 0.3 is 6.18 Å². The molecule has 134 valence electrons. The van der Waals surface area contributed by atoms with Crippen LogP contribution in [0.5, 0.6) is 0 Å². The highest BCUT2D eigenvalue weighted by Gasteiger charge is 2.33. The molecule has 0 aliphatic heterocycles. The third-order valence-electron chi connectivity index (χ3n) is 3.64. The number of aromatic amines is 1. The Balaban J connectivity index is 2.05. The Morgan fingerprint density at radius 1 is 1.08 bits per heavy atom. The van der Waals surface area contributed by atoms with Crippen LogP contribution in [0, 0.1) is 11.6 Å². The Morgan fingerprint density at radius 2 is 1.81 bits per heavy atom. The van der Waals surface area contributed by atoms with Crippen molar-refractivity contribution in [2.24, 2.45) is 0 Å². The lowest BCUT2D eigenvalue weighted by Crippen LogP contribution is -2.23. The number of H-pyrrole nitrogens is 1. The molecule has 0 radical (unpaired) electrons. The zero-order valence-electron chi connectivity index (χ0n) is 12.7. The highest BCUT2D eigenvalue weighted by atomic mass is 19.4. The number of pyridine rings is 1. The molecule has 0 unspecified atom stereocenters. The lowest BCUT2D eigenvalue weighted by molar-refractivity contribution is -0.136. The fraction of sp³-hybridized carbons (Fsp3) is 0.0588. The van der Waals surface area contributed by atoms with Gasteiger partial charge in [-0.2, -0.15) is 13.2 Å². The third kappa shape index (κ3) is 3.15. The van der Waals surface area contributed by atoms with Gasteiger partial charge in [0.2, 0.25) is 5.43 Å². The maximum absolute atomic E-state index is 13.6. The van der Waals surface area contributed by atoms with Crippen LogP contribution in [0.15, 0.2) is 47.4 Å². The Hall–Kier alpha value is -3.23. The first kappa shape index (κ1) is 17.6. The number of benzene rings is 2. The van der Waals surface area contributed by atoms with Crippen LogP contribution in [0.25, 0.3) is 10.9 Å². The number of aromatic nitrogens is 1. The summed E-state index contributed by atoms with van der Waals surface area (Å²) in [7, 11) is 0. The van der Waals surface area contributed by atoms with E-state index in [9.17, 15) is 31.5 Å². The predicted octanol–water partition coefficient (Wildman–Crippen LogP) is 4.08. The van der Waals surface area contributed by atoms with E-state index in [0.717, 1.165) is 36.5 Å². The van der Waals surface area contributed by atoms with Crippen molar-refractivity contribution in [2.75, 3.05) is 5.32 Å². The van der Waals surface area contributed by atoms with Gasteiger partial charge in [-0.15, -0.1) is 0 Å². The standard InChI is InChI=1S/C17H9F5N2O2/c18-8-4-5-13(12(19)6-8)24-16(26)10-7-23-14-9(15(10)25)2-1-3-11(14)17(20,21)22/h1-7H,(H,23,25)(H,24,26). The smallest absolute Gasteiger partial charge is 0.360 e. The van der Waals surface area contributed by atoms with Crippen molar-refractivity contribution in [3.63, 3.8) is 0 Å². The molecule has 1 amide bonds. The van der Waals surface area contributed by atoms with Crippen LogP contribution in [0.1, 0.15) is 15.9 Å². The number of rotatable bonds is 2.